The molecule has 3 N–H and O–H groups in total. The molecular formula is C14H20ClN5O. The van der Waals surface area contributed by atoms with Crippen LogP contribution >= 0.6 is 12.4 Å². The van der Waals surface area contributed by atoms with Crippen LogP contribution in [0.15, 0.2) is 30.5 Å². The molecule has 1 amide bonds. The Labute approximate surface area is 130 Å². The van der Waals surface area contributed by atoms with Crippen molar-refractivity contribution in [3.8, 4) is 5.69 Å². The van der Waals surface area contributed by atoms with E-state index in [2.05, 4.69) is 15.6 Å². The van der Waals surface area contributed by atoms with Crippen LogP contribution in [0.2, 0.25) is 0 Å². The maximum absolute atomic E-state index is 11.8. The Morgan fingerprint density at radius 1 is 1.29 bits per heavy atom. The Hall–Kier alpha value is -1.92. The molecular weight excluding hydrogens is 290 g/mol. The summed E-state index contributed by atoms with van der Waals surface area (Å²) in [5.41, 5.74) is 7.77. The number of aryl methyl sites for hydroxylation is 1. The number of nitrogens with one attached hydrogen (secondary N) is 1. The van der Waals surface area contributed by atoms with Gasteiger partial charge in [-0.25, -0.2) is 4.68 Å². The minimum Gasteiger partial charge on any atom is -0.351 e. The zero-order valence-corrected chi connectivity index (χ0v) is 12.8. The molecule has 0 fully saturated rings. The summed E-state index contributed by atoms with van der Waals surface area (Å²) in [6.45, 7) is 3.26. The van der Waals surface area contributed by atoms with Crippen molar-refractivity contribution < 1.29 is 4.79 Å². The summed E-state index contributed by atoms with van der Waals surface area (Å²) in [7, 11) is 0. The summed E-state index contributed by atoms with van der Waals surface area (Å²) in [6, 6.07) is 7.85. The monoisotopic (exact) mass is 309 g/mol. The highest BCUT2D eigenvalue weighted by molar-refractivity contribution is 5.91. The SMILES string of the molecule is Cc1ccc(-n2cc(C(=O)NCCCCN)nn2)cc1.Cl. The summed E-state index contributed by atoms with van der Waals surface area (Å²) in [5, 5.41) is 10.7. The number of benzene rings is 1. The summed E-state index contributed by atoms with van der Waals surface area (Å²) < 4.78 is 1.59. The number of hydrogen-bond acceptors (Lipinski definition) is 4. The predicted octanol–water partition coefficient (Wildman–Crippen LogP) is 1.47. The number of unbranched alkanes of at least 4 members (excludes halogenated alkanes) is 1. The van der Waals surface area contributed by atoms with Gasteiger partial charge in [0.2, 0.25) is 0 Å². The van der Waals surface area contributed by atoms with Crippen molar-refractivity contribution in [1.82, 2.24) is 20.3 Å². The first-order chi connectivity index (χ1) is 9.70. The van der Waals surface area contributed by atoms with Gasteiger partial charge >= 0.3 is 0 Å². The lowest BCUT2D eigenvalue weighted by Crippen LogP contribution is -2.25. The third-order valence-corrected chi connectivity index (χ3v) is 2.94. The molecule has 0 saturated carbocycles. The molecule has 21 heavy (non-hydrogen) atoms. The first kappa shape index (κ1) is 17.1. The number of hydrogen-bond donors (Lipinski definition) is 2. The molecule has 7 heteroatoms. The molecule has 0 aliphatic carbocycles. The molecule has 114 valence electrons. The lowest BCUT2D eigenvalue weighted by Gasteiger charge is -2.01. The van der Waals surface area contributed by atoms with Crippen LogP contribution in [0, 0.1) is 6.92 Å². The van der Waals surface area contributed by atoms with Crippen molar-refractivity contribution in [3.05, 3.63) is 41.7 Å². The van der Waals surface area contributed by atoms with E-state index in [0.29, 0.717) is 18.8 Å². The highest BCUT2D eigenvalue weighted by Crippen LogP contribution is 2.08. The first-order valence-electron chi connectivity index (χ1n) is 6.68. The van der Waals surface area contributed by atoms with Crippen molar-refractivity contribution in [1.29, 1.82) is 0 Å². The van der Waals surface area contributed by atoms with Crippen LogP contribution in [0.25, 0.3) is 5.69 Å². The molecule has 1 aromatic carbocycles. The van der Waals surface area contributed by atoms with E-state index in [1.54, 1.807) is 10.9 Å². The molecule has 6 nitrogen and oxygen atoms in total. The van der Waals surface area contributed by atoms with Crippen LogP contribution in [-0.4, -0.2) is 34.0 Å². The van der Waals surface area contributed by atoms with Gasteiger partial charge in [0.25, 0.3) is 5.91 Å². The van der Waals surface area contributed by atoms with Crippen molar-refractivity contribution >= 4 is 18.3 Å². The molecule has 0 saturated heterocycles. The summed E-state index contributed by atoms with van der Waals surface area (Å²) in [6.07, 6.45) is 3.40. The van der Waals surface area contributed by atoms with Crippen LogP contribution in [0.5, 0.6) is 0 Å². The van der Waals surface area contributed by atoms with Gasteiger partial charge in [0.05, 0.1) is 11.9 Å². The van der Waals surface area contributed by atoms with Crippen LogP contribution in [0.1, 0.15) is 28.9 Å². The molecule has 2 rings (SSSR count). The molecule has 1 aromatic heterocycles. The number of rotatable bonds is 6. The van der Waals surface area contributed by atoms with Gasteiger partial charge in [0.15, 0.2) is 5.69 Å². The average molecular weight is 310 g/mol. The Balaban J connectivity index is 0.00000220. The normalized spacial score (nSPS) is 10.0. The van der Waals surface area contributed by atoms with Gasteiger partial charge in [0.1, 0.15) is 0 Å². The van der Waals surface area contributed by atoms with Gasteiger partial charge < -0.3 is 11.1 Å². The number of carbonyl (C=O) groups excluding carboxylic acids is 1. The van der Waals surface area contributed by atoms with Gasteiger partial charge in [-0.1, -0.05) is 22.9 Å². The Morgan fingerprint density at radius 2 is 2.00 bits per heavy atom. The largest absolute Gasteiger partial charge is 0.351 e. The topological polar surface area (TPSA) is 85.8 Å². The highest BCUT2D eigenvalue weighted by atomic mass is 35.5. The molecule has 1 heterocycles. The van der Waals surface area contributed by atoms with Gasteiger partial charge in [0, 0.05) is 6.54 Å². The van der Waals surface area contributed by atoms with E-state index in [4.69, 9.17) is 5.73 Å². The number of aromatic nitrogens is 3. The van der Waals surface area contributed by atoms with Crippen LogP contribution < -0.4 is 11.1 Å². The second-order valence-electron chi connectivity index (χ2n) is 4.64. The molecule has 0 bridgehead atoms. The first-order valence-corrected chi connectivity index (χ1v) is 6.68. The minimum absolute atomic E-state index is 0. The van der Waals surface area contributed by atoms with Gasteiger partial charge in [-0.2, -0.15) is 0 Å². The fraction of sp³-hybridized carbons (Fsp3) is 0.357. The van der Waals surface area contributed by atoms with E-state index in [9.17, 15) is 4.79 Å². The predicted molar refractivity (Wildman–Crippen MR) is 84.0 cm³/mol. The Bertz CT molecular complexity index is 567. The lowest BCUT2D eigenvalue weighted by molar-refractivity contribution is 0.0948. The zero-order chi connectivity index (χ0) is 14.4. The minimum atomic E-state index is -0.208. The highest BCUT2D eigenvalue weighted by Gasteiger charge is 2.10. The Kier molecular flexibility index (Phi) is 6.84. The molecule has 0 aliphatic heterocycles. The number of halogens is 1. The fourth-order valence-electron chi connectivity index (χ4n) is 1.75. The number of carbonyl (C=O) groups is 1. The number of nitrogens with zero attached hydrogens (tertiary/aromatic N) is 3. The smallest absolute Gasteiger partial charge is 0.273 e. The van der Waals surface area contributed by atoms with Crippen molar-refractivity contribution in [2.24, 2.45) is 5.73 Å². The average Bonchev–Trinajstić information content (AvgIpc) is 2.94. The third-order valence-electron chi connectivity index (χ3n) is 2.94. The second kappa shape index (κ2) is 8.39. The molecule has 0 unspecified atom stereocenters. The van der Waals surface area contributed by atoms with E-state index in [1.807, 2.05) is 31.2 Å². The van der Waals surface area contributed by atoms with Crippen LogP contribution in [-0.2, 0) is 0 Å². The number of nitrogens with two attached hydrogens (primary N) is 1. The quantitative estimate of drug-likeness (QED) is 0.791. The molecule has 0 atom stereocenters. The number of amides is 1. The summed E-state index contributed by atoms with van der Waals surface area (Å²) in [5.74, 6) is -0.208. The second-order valence-corrected chi connectivity index (χ2v) is 4.64. The van der Waals surface area contributed by atoms with E-state index < -0.39 is 0 Å². The maximum Gasteiger partial charge on any atom is 0.273 e. The summed E-state index contributed by atoms with van der Waals surface area (Å²) in [4.78, 5) is 11.8. The molecule has 2 aromatic rings. The Morgan fingerprint density at radius 3 is 2.67 bits per heavy atom. The molecule has 0 aliphatic rings. The zero-order valence-electron chi connectivity index (χ0n) is 12.0. The van der Waals surface area contributed by atoms with Crippen molar-refractivity contribution in [3.63, 3.8) is 0 Å². The molecule has 0 radical (unpaired) electrons. The van der Waals surface area contributed by atoms with E-state index in [-0.39, 0.29) is 18.3 Å². The van der Waals surface area contributed by atoms with E-state index in [1.165, 1.54) is 5.56 Å². The van der Waals surface area contributed by atoms with E-state index in [0.717, 1.165) is 18.5 Å². The maximum atomic E-state index is 11.8. The van der Waals surface area contributed by atoms with Gasteiger partial charge in [-0.15, -0.1) is 17.5 Å². The van der Waals surface area contributed by atoms with Crippen molar-refractivity contribution in [2.45, 2.75) is 19.8 Å². The fourth-order valence-corrected chi connectivity index (χ4v) is 1.75. The lowest BCUT2D eigenvalue weighted by atomic mass is 10.2. The third kappa shape index (κ3) is 4.84. The van der Waals surface area contributed by atoms with Gasteiger partial charge in [-0.05, 0) is 38.4 Å². The van der Waals surface area contributed by atoms with Crippen LogP contribution in [0.3, 0.4) is 0 Å². The summed E-state index contributed by atoms with van der Waals surface area (Å²) >= 11 is 0. The van der Waals surface area contributed by atoms with Crippen LogP contribution in [0.4, 0.5) is 0 Å². The van der Waals surface area contributed by atoms with E-state index >= 15 is 0 Å². The van der Waals surface area contributed by atoms with Gasteiger partial charge in [-0.3, -0.25) is 4.79 Å². The van der Waals surface area contributed by atoms with Crippen molar-refractivity contribution in [2.75, 3.05) is 13.1 Å². The molecule has 0 spiro atoms. The standard InChI is InChI=1S/C14H19N5O.ClH/c1-11-4-6-12(7-5-11)19-10-13(17-18-19)14(20)16-9-3-2-8-15;/h4-7,10H,2-3,8-9,15H2,1H3,(H,16,20);1H.